The van der Waals surface area contributed by atoms with Crippen LogP contribution >= 0.6 is 11.3 Å². The number of aromatic nitrogens is 2. The Hall–Kier alpha value is -1.66. The summed E-state index contributed by atoms with van der Waals surface area (Å²) < 4.78 is 7.32. The molecule has 0 saturated heterocycles. The lowest BCUT2D eigenvalue weighted by Gasteiger charge is -2.10. The molecule has 0 aliphatic heterocycles. The molecule has 0 atom stereocenters. The van der Waals surface area contributed by atoms with Gasteiger partial charge in [0.15, 0.2) is 0 Å². The van der Waals surface area contributed by atoms with Gasteiger partial charge in [-0.3, -0.25) is 4.79 Å². The van der Waals surface area contributed by atoms with E-state index in [9.17, 15) is 4.79 Å². The number of hydrogen-bond donors (Lipinski definition) is 1. The molecule has 2 heterocycles. The zero-order valence-corrected chi connectivity index (χ0v) is 14.9. The van der Waals surface area contributed by atoms with Crippen LogP contribution in [0, 0.1) is 6.92 Å². The molecule has 126 valence electrons. The van der Waals surface area contributed by atoms with Gasteiger partial charge >= 0.3 is 0 Å². The third-order valence-electron chi connectivity index (χ3n) is 3.85. The van der Waals surface area contributed by atoms with Crippen LogP contribution in [0.2, 0.25) is 0 Å². The Morgan fingerprint density at radius 2 is 2.26 bits per heavy atom. The Bertz CT molecular complexity index is 620. The van der Waals surface area contributed by atoms with Crippen LogP contribution in [0.3, 0.4) is 0 Å². The maximum atomic E-state index is 12.4. The second-order valence-corrected chi connectivity index (χ2v) is 6.23. The molecule has 0 aromatic carbocycles. The van der Waals surface area contributed by atoms with Gasteiger partial charge in [-0.25, -0.2) is 4.98 Å². The number of ether oxygens (including phenoxy) is 1. The molecule has 0 fully saturated rings. The van der Waals surface area contributed by atoms with E-state index in [1.807, 2.05) is 23.9 Å². The fraction of sp³-hybridized carbons (Fsp3) is 0.529. The van der Waals surface area contributed by atoms with Crippen LogP contribution in [0.15, 0.2) is 17.0 Å². The summed E-state index contributed by atoms with van der Waals surface area (Å²) in [7, 11) is 1.70. The van der Waals surface area contributed by atoms with E-state index in [0.717, 1.165) is 55.0 Å². The summed E-state index contributed by atoms with van der Waals surface area (Å²) in [6.07, 6.45) is 2.97. The molecule has 2 rings (SSSR count). The lowest BCUT2D eigenvalue weighted by molar-refractivity contribution is 0.0952. The van der Waals surface area contributed by atoms with Crippen molar-refractivity contribution in [2.75, 3.05) is 20.3 Å². The van der Waals surface area contributed by atoms with Gasteiger partial charge < -0.3 is 14.6 Å². The van der Waals surface area contributed by atoms with Gasteiger partial charge in [0, 0.05) is 37.9 Å². The molecule has 0 unspecified atom stereocenters. The molecule has 23 heavy (non-hydrogen) atoms. The smallest absolute Gasteiger partial charge is 0.253 e. The molecule has 1 N–H and O–H groups in total. The number of carbonyl (C=O) groups excluding carboxylic acids is 1. The van der Waals surface area contributed by atoms with Gasteiger partial charge in [0.1, 0.15) is 0 Å². The van der Waals surface area contributed by atoms with Crippen LogP contribution in [0.1, 0.15) is 42.2 Å². The monoisotopic (exact) mass is 335 g/mol. The summed E-state index contributed by atoms with van der Waals surface area (Å²) in [5, 5.41) is 5.01. The molecular weight excluding hydrogens is 310 g/mol. The minimum atomic E-state index is -0.00192. The van der Waals surface area contributed by atoms with E-state index < -0.39 is 0 Å². The molecule has 2 aromatic rings. The van der Waals surface area contributed by atoms with Crippen LogP contribution in [-0.2, 0) is 11.3 Å². The molecule has 6 heteroatoms. The fourth-order valence-electron chi connectivity index (χ4n) is 2.56. The summed E-state index contributed by atoms with van der Waals surface area (Å²) in [6, 6.07) is 1.96. The summed E-state index contributed by atoms with van der Waals surface area (Å²) in [4.78, 5) is 16.8. The number of carbonyl (C=O) groups is 1. The van der Waals surface area contributed by atoms with Crippen LogP contribution in [0.25, 0.3) is 11.4 Å². The number of nitrogens with one attached hydrogen (secondary N) is 1. The van der Waals surface area contributed by atoms with Crippen molar-refractivity contribution in [1.29, 1.82) is 0 Å². The van der Waals surface area contributed by atoms with Gasteiger partial charge in [0.05, 0.1) is 22.5 Å². The van der Waals surface area contributed by atoms with Crippen LogP contribution < -0.4 is 5.32 Å². The second-order valence-electron chi connectivity index (χ2n) is 5.51. The van der Waals surface area contributed by atoms with Gasteiger partial charge in [-0.2, -0.15) is 0 Å². The third kappa shape index (κ3) is 4.42. The number of methoxy groups -OCH3 is 1. The summed E-state index contributed by atoms with van der Waals surface area (Å²) in [5.41, 5.74) is 5.46. The van der Waals surface area contributed by atoms with Crippen LogP contribution in [-0.4, -0.2) is 35.7 Å². The van der Waals surface area contributed by atoms with Gasteiger partial charge in [0.2, 0.25) is 0 Å². The Kier molecular flexibility index (Phi) is 6.80. The zero-order chi connectivity index (χ0) is 16.7. The highest BCUT2D eigenvalue weighted by Gasteiger charge is 2.19. The summed E-state index contributed by atoms with van der Waals surface area (Å²) >= 11 is 1.56. The van der Waals surface area contributed by atoms with Crippen molar-refractivity contribution in [3.63, 3.8) is 0 Å². The van der Waals surface area contributed by atoms with Crippen molar-refractivity contribution in [1.82, 2.24) is 14.9 Å². The SMILES string of the molecule is CCCCNC(=O)c1cc(-c2cscn2)n(CCCOC)c1C. The van der Waals surface area contributed by atoms with E-state index in [1.165, 1.54) is 0 Å². The van der Waals surface area contributed by atoms with Crippen molar-refractivity contribution < 1.29 is 9.53 Å². The lowest BCUT2D eigenvalue weighted by Crippen LogP contribution is -2.24. The second kappa shape index (κ2) is 8.84. The number of thiazole rings is 1. The highest BCUT2D eigenvalue weighted by Crippen LogP contribution is 2.26. The van der Waals surface area contributed by atoms with Crippen molar-refractivity contribution in [3.05, 3.63) is 28.2 Å². The van der Waals surface area contributed by atoms with E-state index >= 15 is 0 Å². The van der Waals surface area contributed by atoms with Crippen LogP contribution in [0.5, 0.6) is 0 Å². The maximum Gasteiger partial charge on any atom is 0.253 e. The first kappa shape index (κ1) is 17.7. The third-order valence-corrected chi connectivity index (χ3v) is 4.44. The molecule has 0 spiro atoms. The molecule has 0 radical (unpaired) electrons. The Balaban J connectivity index is 2.26. The number of unbranched alkanes of at least 4 members (excludes halogenated alkanes) is 1. The van der Waals surface area contributed by atoms with Gasteiger partial charge in [-0.15, -0.1) is 11.3 Å². The van der Waals surface area contributed by atoms with E-state index in [0.29, 0.717) is 6.61 Å². The predicted octanol–water partition coefficient (Wildman–Crippen LogP) is 3.49. The lowest BCUT2D eigenvalue weighted by atomic mass is 10.2. The minimum Gasteiger partial charge on any atom is -0.385 e. The number of nitrogens with zero attached hydrogens (tertiary/aromatic N) is 2. The van der Waals surface area contributed by atoms with E-state index in [1.54, 1.807) is 18.4 Å². The topological polar surface area (TPSA) is 56.2 Å². The van der Waals surface area contributed by atoms with Crippen molar-refractivity contribution in [2.24, 2.45) is 0 Å². The van der Waals surface area contributed by atoms with Gasteiger partial charge in [0.25, 0.3) is 5.91 Å². The van der Waals surface area contributed by atoms with Crippen LogP contribution in [0.4, 0.5) is 0 Å². The standard InChI is InChI=1S/C17H25N3O2S/c1-4-5-7-18-17(21)14-10-16(15-11-23-12-19-15)20(13(14)2)8-6-9-22-3/h10-12H,4-9H2,1-3H3,(H,18,21). The molecule has 0 aliphatic carbocycles. The fourth-order valence-corrected chi connectivity index (χ4v) is 3.10. The van der Waals surface area contributed by atoms with Crippen molar-refractivity contribution in [2.45, 2.75) is 39.7 Å². The van der Waals surface area contributed by atoms with Crippen molar-refractivity contribution >= 4 is 17.2 Å². The van der Waals surface area contributed by atoms with Crippen molar-refractivity contribution in [3.8, 4) is 11.4 Å². The number of amides is 1. The quantitative estimate of drug-likeness (QED) is 0.714. The molecule has 0 aliphatic rings. The van der Waals surface area contributed by atoms with E-state index in [2.05, 4.69) is 21.8 Å². The maximum absolute atomic E-state index is 12.4. The minimum absolute atomic E-state index is 0.00192. The normalized spacial score (nSPS) is 10.9. The van der Waals surface area contributed by atoms with E-state index in [-0.39, 0.29) is 5.91 Å². The van der Waals surface area contributed by atoms with E-state index in [4.69, 9.17) is 4.74 Å². The average Bonchev–Trinajstić information content (AvgIpc) is 3.17. The highest BCUT2D eigenvalue weighted by atomic mass is 32.1. The molecule has 1 amide bonds. The first-order chi connectivity index (χ1) is 11.2. The first-order valence-electron chi connectivity index (χ1n) is 8.04. The predicted molar refractivity (Wildman–Crippen MR) is 94.0 cm³/mol. The first-order valence-corrected chi connectivity index (χ1v) is 8.99. The summed E-state index contributed by atoms with van der Waals surface area (Å²) in [5.74, 6) is -0.00192. The average molecular weight is 335 g/mol. The largest absolute Gasteiger partial charge is 0.385 e. The van der Waals surface area contributed by atoms with Gasteiger partial charge in [-0.1, -0.05) is 13.3 Å². The number of hydrogen-bond acceptors (Lipinski definition) is 4. The van der Waals surface area contributed by atoms with Gasteiger partial charge in [-0.05, 0) is 25.8 Å². The Morgan fingerprint density at radius 3 is 2.91 bits per heavy atom. The summed E-state index contributed by atoms with van der Waals surface area (Å²) in [6.45, 7) is 6.35. The molecule has 5 nitrogen and oxygen atoms in total. The Morgan fingerprint density at radius 1 is 1.43 bits per heavy atom. The zero-order valence-electron chi connectivity index (χ0n) is 14.1. The molecule has 0 saturated carbocycles. The number of rotatable bonds is 9. The Labute approximate surface area is 141 Å². The highest BCUT2D eigenvalue weighted by molar-refractivity contribution is 7.07. The molecule has 2 aromatic heterocycles. The molecular formula is C17H25N3O2S. The molecule has 0 bridgehead atoms.